The third-order valence-corrected chi connectivity index (χ3v) is 5.45. The van der Waals surface area contributed by atoms with Gasteiger partial charge in [0.05, 0.1) is 0 Å². The Morgan fingerprint density at radius 1 is 1.06 bits per heavy atom. The number of hydrogen-bond donors (Lipinski definition) is 2. The summed E-state index contributed by atoms with van der Waals surface area (Å²) in [6.07, 6.45) is 1.72. The summed E-state index contributed by atoms with van der Waals surface area (Å²) >= 11 is 0. The molecule has 3 N–H and O–H groups in total. The molecule has 0 saturated heterocycles. The highest BCUT2D eigenvalue weighted by molar-refractivity contribution is 6.60. The van der Waals surface area contributed by atoms with Crippen molar-refractivity contribution in [1.29, 1.82) is 0 Å². The summed E-state index contributed by atoms with van der Waals surface area (Å²) in [7, 11) is -2.52. The summed E-state index contributed by atoms with van der Waals surface area (Å²) in [4.78, 5) is 10.5. The van der Waals surface area contributed by atoms with E-state index in [0.717, 1.165) is 18.9 Å². The van der Waals surface area contributed by atoms with Crippen LogP contribution in [-0.2, 0) is 13.3 Å². The molecular weight excluding hydrogens is 252 g/mol. The Morgan fingerprint density at radius 2 is 1.56 bits per heavy atom. The molecule has 18 heavy (non-hydrogen) atoms. The highest BCUT2D eigenvalue weighted by Crippen LogP contribution is 2.18. The van der Waals surface area contributed by atoms with Crippen molar-refractivity contribution in [3.8, 4) is 0 Å². The first kappa shape index (κ1) is 17.4. The molecule has 0 saturated carbocycles. The average Bonchev–Trinajstić information content (AvgIpc) is 2.29. The topological polar surface area (TPSA) is 82.8 Å². The maximum absolute atomic E-state index is 10.5. The van der Waals surface area contributed by atoms with Crippen LogP contribution in [0.2, 0.25) is 6.04 Å². The van der Waals surface area contributed by atoms with Gasteiger partial charge in [0.2, 0.25) is 0 Å². The van der Waals surface area contributed by atoms with E-state index in [4.69, 9.17) is 19.0 Å². The van der Waals surface area contributed by atoms with Crippen LogP contribution in [0.15, 0.2) is 0 Å². The fraction of sp³-hybridized carbons (Fsp3) is 0.909. The van der Waals surface area contributed by atoms with Gasteiger partial charge in [-0.05, 0) is 33.6 Å². The lowest BCUT2D eigenvalue weighted by Gasteiger charge is -2.28. The molecule has 2 amide bonds. The third kappa shape index (κ3) is 7.65. The number of carbonyl (C=O) groups is 1. The van der Waals surface area contributed by atoms with Gasteiger partial charge in [0.1, 0.15) is 0 Å². The summed E-state index contributed by atoms with van der Waals surface area (Å²) in [5, 5.41) is 2.56. The Morgan fingerprint density at radius 3 is 1.94 bits per heavy atom. The van der Waals surface area contributed by atoms with Crippen molar-refractivity contribution in [2.45, 2.75) is 39.7 Å². The van der Waals surface area contributed by atoms with Gasteiger partial charge < -0.3 is 24.3 Å². The van der Waals surface area contributed by atoms with Gasteiger partial charge in [-0.25, -0.2) is 4.79 Å². The molecule has 0 spiro atoms. The molecule has 0 unspecified atom stereocenters. The molecule has 7 heteroatoms. The average molecular weight is 278 g/mol. The summed E-state index contributed by atoms with van der Waals surface area (Å²) < 4.78 is 17.2. The van der Waals surface area contributed by atoms with Crippen LogP contribution in [0, 0.1) is 0 Å². The smallest absolute Gasteiger partial charge is 0.374 e. The maximum Gasteiger partial charge on any atom is 0.500 e. The first-order valence-corrected chi connectivity index (χ1v) is 8.48. The maximum atomic E-state index is 10.5. The molecule has 0 atom stereocenters. The summed E-state index contributed by atoms with van der Waals surface area (Å²) in [6, 6.07) is 0.279. The summed E-state index contributed by atoms with van der Waals surface area (Å²) in [5.74, 6) is 0. The van der Waals surface area contributed by atoms with E-state index in [9.17, 15) is 4.79 Å². The Bertz CT molecular complexity index is 212. The lowest BCUT2D eigenvalue weighted by atomic mass is 10.3. The van der Waals surface area contributed by atoms with E-state index in [1.807, 2.05) is 20.8 Å². The second kappa shape index (κ2) is 10.3. The molecule has 0 aromatic rings. The van der Waals surface area contributed by atoms with E-state index in [0.29, 0.717) is 26.4 Å². The van der Waals surface area contributed by atoms with Crippen LogP contribution in [0.25, 0.3) is 0 Å². The number of amides is 2. The SMILES string of the molecule is CCO[Si](CCCCNC(N)=O)(OCC)OCC. The van der Waals surface area contributed by atoms with Crippen LogP contribution >= 0.6 is 0 Å². The quantitative estimate of drug-likeness (QED) is 0.443. The van der Waals surface area contributed by atoms with E-state index >= 15 is 0 Å². The predicted molar refractivity (Wildman–Crippen MR) is 72.3 cm³/mol. The van der Waals surface area contributed by atoms with E-state index in [-0.39, 0.29) is 0 Å². The monoisotopic (exact) mass is 278 g/mol. The molecular formula is C11H26N2O4Si. The van der Waals surface area contributed by atoms with Gasteiger partial charge >= 0.3 is 14.8 Å². The molecule has 0 bridgehead atoms. The van der Waals surface area contributed by atoms with Crippen LogP contribution in [-0.4, -0.2) is 41.2 Å². The molecule has 0 aliphatic heterocycles. The van der Waals surface area contributed by atoms with Gasteiger partial charge in [-0.3, -0.25) is 0 Å². The molecule has 0 aromatic carbocycles. The number of carbonyl (C=O) groups excluding carboxylic acids is 1. The minimum Gasteiger partial charge on any atom is -0.374 e. The van der Waals surface area contributed by atoms with Crippen LogP contribution in [0.1, 0.15) is 33.6 Å². The standard InChI is InChI=1S/C11H26N2O4Si/c1-4-15-18(16-5-2,17-6-3)10-8-7-9-13-11(12)14/h4-10H2,1-3H3,(H3,12,13,14). The molecule has 0 aliphatic carbocycles. The van der Waals surface area contributed by atoms with Crippen molar-refractivity contribution in [3.05, 3.63) is 0 Å². The number of hydrogen-bond acceptors (Lipinski definition) is 4. The zero-order chi connectivity index (χ0) is 13.9. The zero-order valence-corrected chi connectivity index (χ0v) is 12.7. The first-order chi connectivity index (χ1) is 8.60. The van der Waals surface area contributed by atoms with Gasteiger partial charge in [0, 0.05) is 32.4 Å². The van der Waals surface area contributed by atoms with Crippen molar-refractivity contribution in [2.75, 3.05) is 26.4 Å². The molecule has 108 valence electrons. The van der Waals surface area contributed by atoms with Crippen LogP contribution in [0.5, 0.6) is 0 Å². The molecule has 0 fully saturated rings. The minimum atomic E-state index is -2.52. The second-order valence-electron chi connectivity index (χ2n) is 3.73. The summed E-state index contributed by atoms with van der Waals surface area (Å²) in [5.41, 5.74) is 4.99. The van der Waals surface area contributed by atoms with Crippen molar-refractivity contribution >= 4 is 14.8 Å². The number of urea groups is 1. The molecule has 0 radical (unpaired) electrons. The predicted octanol–water partition coefficient (Wildman–Crippen LogP) is 1.48. The van der Waals surface area contributed by atoms with E-state index in [1.165, 1.54) is 0 Å². The number of rotatable bonds is 11. The Labute approximate surface area is 111 Å². The Kier molecular flexibility index (Phi) is 9.94. The zero-order valence-electron chi connectivity index (χ0n) is 11.7. The Hall–Kier alpha value is -0.633. The van der Waals surface area contributed by atoms with Gasteiger partial charge in [0.25, 0.3) is 0 Å². The highest BCUT2D eigenvalue weighted by Gasteiger charge is 2.39. The Balaban J connectivity index is 4.08. The fourth-order valence-electron chi connectivity index (χ4n) is 1.68. The lowest BCUT2D eigenvalue weighted by molar-refractivity contribution is 0.0707. The second-order valence-corrected chi connectivity index (χ2v) is 6.46. The van der Waals surface area contributed by atoms with Crippen molar-refractivity contribution in [2.24, 2.45) is 5.73 Å². The van der Waals surface area contributed by atoms with Gasteiger partial charge in [-0.1, -0.05) is 0 Å². The normalized spacial score (nSPS) is 11.5. The molecule has 0 rings (SSSR count). The number of nitrogens with two attached hydrogens (primary N) is 1. The van der Waals surface area contributed by atoms with Crippen LogP contribution < -0.4 is 11.1 Å². The van der Waals surface area contributed by atoms with Gasteiger partial charge in [0.15, 0.2) is 0 Å². The minimum absolute atomic E-state index is 0.488. The van der Waals surface area contributed by atoms with E-state index in [1.54, 1.807) is 0 Å². The number of primary amides is 1. The third-order valence-electron chi connectivity index (χ3n) is 2.30. The fourth-order valence-corrected chi connectivity index (χ4v) is 4.36. The first-order valence-electron chi connectivity index (χ1n) is 6.55. The van der Waals surface area contributed by atoms with Gasteiger partial charge in [-0.15, -0.1) is 0 Å². The van der Waals surface area contributed by atoms with Crippen molar-refractivity contribution < 1.29 is 18.1 Å². The van der Waals surface area contributed by atoms with Crippen LogP contribution in [0.3, 0.4) is 0 Å². The van der Waals surface area contributed by atoms with Gasteiger partial charge in [-0.2, -0.15) is 0 Å². The lowest BCUT2D eigenvalue weighted by Crippen LogP contribution is -2.46. The molecule has 6 nitrogen and oxygen atoms in total. The van der Waals surface area contributed by atoms with Crippen molar-refractivity contribution in [3.63, 3.8) is 0 Å². The number of nitrogens with one attached hydrogen (secondary N) is 1. The molecule has 0 aromatic heterocycles. The molecule has 0 aliphatic rings. The van der Waals surface area contributed by atoms with Crippen molar-refractivity contribution in [1.82, 2.24) is 5.32 Å². The van der Waals surface area contributed by atoms with E-state index in [2.05, 4.69) is 5.32 Å². The highest BCUT2D eigenvalue weighted by atomic mass is 28.4. The molecule has 0 heterocycles. The summed E-state index contributed by atoms with van der Waals surface area (Å²) in [6.45, 7) is 8.16. The number of unbranched alkanes of at least 4 members (excludes halogenated alkanes) is 1. The largest absolute Gasteiger partial charge is 0.500 e. The van der Waals surface area contributed by atoms with Crippen LogP contribution in [0.4, 0.5) is 4.79 Å². The van der Waals surface area contributed by atoms with E-state index < -0.39 is 14.8 Å².